The van der Waals surface area contributed by atoms with E-state index in [2.05, 4.69) is 0 Å². The van der Waals surface area contributed by atoms with Crippen LogP contribution in [0.15, 0.2) is 47.4 Å². The van der Waals surface area contributed by atoms with E-state index in [0.29, 0.717) is 16.9 Å². The normalized spacial score (nSPS) is 12.4. The minimum Gasteiger partial charge on any atom is -0.388 e. The number of benzene rings is 2. The summed E-state index contributed by atoms with van der Waals surface area (Å²) >= 11 is 1.36. The number of hydrogen-bond donors (Lipinski definition) is 1. The van der Waals surface area contributed by atoms with Crippen LogP contribution in [0.4, 0.5) is 8.78 Å². The molecule has 4 heteroatoms. The summed E-state index contributed by atoms with van der Waals surface area (Å²) in [5.74, 6) is -0.181. The van der Waals surface area contributed by atoms with E-state index in [4.69, 9.17) is 0 Å². The standard InChI is InChI=1S/C15H14F2OS/c1-10-7-11(5-6-14(10)17)15(18)9-19-13-4-2-3-12(16)8-13/h2-8,15,18H,9H2,1H3. The van der Waals surface area contributed by atoms with Crippen LogP contribution in [0, 0.1) is 18.6 Å². The first-order valence-corrected chi connectivity index (χ1v) is 6.87. The summed E-state index contributed by atoms with van der Waals surface area (Å²) in [6.07, 6.45) is -0.701. The van der Waals surface area contributed by atoms with Crippen LogP contribution >= 0.6 is 11.8 Å². The molecule has 0 heterocycles. The highest BCUT2D eigenvalue weighted by atomic mass is 32.2. The first-order valence-electron chi connectivity index (χ1n) is 5.89. The summed E-state index contributed by atoms with van der Waals surface area (Å²) in [6, 6.07) is 10.8. The van der Waals surface area contributed by atoms with Crippen molar-refractivity contribution in [2.75, 3.05) is 5.75 Å². The Morgan fingerprint density at radius 3 is 2.63 bits per heavy atom. The molecule has 0 spiro atoms. The molecule has 19 heavy (non-hydrogen) atoms. The monoisotopic (exact) mass is 280 g/mol. The molecule has 0 radical (unpaired) electrons. The summed E-state index contributed by atoms with van der Waals surface area (Å²) < 4.78 is 26.1. The lowest BCUT2D eigenvalue weighted by atomic mass is 10.1. The molecule has 0 saturated heterocycles. The van der Waals surface area contributed by atoms with Gasteiger partial charge in [-0.25, -0.2) is 8.78 Å². The predicted molar refractivity (Wildman–Crippen MR) is 73.2 cm³/mol. The van der Waals surface area contributed by atoms with Crippen LogP contribution in [0.1, 0.15) is 17.2 Å². The zero-order chi connectivity index (χ0) is 13.8. The second-order valence-corrected chi connectivity index (χ2v) is 5.39. The Kier molecular flexibility index (Phi) is 4.56. The third-order valence-corrected chi connectivity index (χ3v) is 3.84. The average Bonchev–Trinajstić information content (AvgIpc) is 2.39. The van der Waals surface area contributed by atoms with Gasteiger partial charge in [-0.1, -0.05) is 18.2 Å². The minimum atomic E-state index is -0.701. The number of halogens is 2. The van der Waals surface area contributed by atoms with E-state index >= 15 is 0 Å². The van der Waals surface area contributed by atoms with E-state index in [0.717, 1.165) is 4.90 Å². The molecule has 0 bridgehead atoms. The molecule has 0 aliphatic carbocycles. The maximum atomic E-state index is 13.1. The van der Waals surface area contributed by atoms with Crippen LogP contribution in [0.3, 0.4) is 0 Å². The second-order valence-electron chi connectivity index (χ2n) is 4.29. The molecule has 0 saturated carbocycles. The Bertz CT molecular complexity index is 572. The molecule has 0 aliphatic heterocycles. The van der Waals surface area contributed by atoms with E-state index in [1.165, 1.54) is 30.0 Å². The predicted octanol–water partition coefficient (Wildman–Crippen LogP) is 4.10. The van der Waals surface area contributed by atoms with Crippen molar-refractivity contribution in [3.8, 4) is 0 Å². The van der Waals surface area contributed by atoms with Gasteiger partial charge in [0.05, 0.1) is 6.10 Å². The zero-order valence-corrected chi connectivity index (χ0v) is 11.3. The number of aryl methyl sites for hydroxylation is 1. The summed E-state index contributed by atoms with van der Waals surface area (Å²) in [4.78, 5) is 0.762. The summed E-state index contributed by atoms with van der Waals surface area (Å²) in [7, 11) is 0. The molecule has 2 aromatic rings. The molecule has 1 N–H and O–H groups in total. The van der Waals surface area contributed by atoms with Gasteiger partial charge in [0.25, 0.3) is 0 Å². The van der Waals surface area contributed by atoms with Crippen molar-refractivity contribution >= 4 is 11.8 Å². The largest absolute Gasteiger partial charge is 0.388 e. The van der Waals surface area contributed by atoms with Crippen LogP contribution in [0.25, 0.3) is 0 Å². The van der Waals surface area contributed by atoms with E-state index < -0.39 is 6.10 Å². The van der Waals surface area contributed by atoms with Gasteiger partial charge in [-0.05, 0) is 42.3 Å². The molecule has 0 aromatic heterocycles. The molecule has 1 unspecified atom stereocenters. The Morgan fingerprint density at radius 2 is 1.95 bits per heavy atom. The molecular formula is C15H14F2OS. The first kappa shape index (κ1) is 14.0. The lowest BCUT2D eigenvalue weighted by Crippen LogP contribution is -2.01. The third-order valence-electron chi connectivity index (χ3n) is 2.77. The lowest BCUT2D eigenvalue weighted by Gasteiger charge is -2.11. The SMILES string of the molecule is Cc1cc(C(O)CSc2cccc(F)c2)ccc1F. The summed E-state index contributed by atoms with van der Waals surface area (Å²) in [6.45, 7) is 1.66. The highest BCUT2D eigenvalue weighted by Gasteiger charge is 2.10. The number of rotatable bonds is 4. The molecule has 2 rings (SSSR count). The van der Waals surface area contributed by atoms with Crippen molar-refractivity contribution in [1.82, 2.24) is 0 Å². The Morgan fingerprint density at radius 1 is 1.16 bits per heavy atom. The summed E-state index contributed by atoms with van der Waals surface area (Å²) in [5.41, 5.74) is 1.18. The smallest absolute Gasteiger partial charge is 0.126 e. The van der Waals surface area contributed by atoms with E-state index in [1.807, 2.05) is 0 Å². The molecule has 0 amide bonds. The van der Waals surface area contributed by atoms with Gasteiger partial charge in [-0.15, -0.1) is 11.8 Å². The van der Waals surface area contributed by atoms with Crippen molar-refractivity contribution in [2.24, 2.45) is 0 Å². The van der Waals surface area contributed by atoms with Gasteiger partial charge < -0.3 is 5.11 Å². The van der Waals surface area contributed by atoms with E-state index in [1.54, 1.807) is 31.2 Å². The Balaban J connectivity index is 2.01. The van der Waals surface area contributed by atoms with E-state index in [9.17, 15) is 13.9 Å². The van der Waals surface area contributed by atoms with Crippen LogP contribution < -0.4 is 0 Å². The fourth-order valence-electron chi connectivity index (χ4n) is 1.70. The van der Waals surface area contributed by atoms with E-state index in [-0.39, 0.29) is 11.6 Å². The van der Waals surface area contributed by atoms with Crippen LogP contribution in [0.5, 0.6) is 0 Å². The second kappa shape index (κ2) is 6.17. The van der Waals surface area contributed by atoms with Gasteiger partial charge in [0.2, 0.25) is 0 Å². The maximum Gasteiger partial charge on any atom is 0.126 e. The number of aliphatic hydroxyl groups is 1. The van der Waals surface area contributed by atoms with Crippen molar-refractivity contribution in [2.45, 2.75) is 17.9 Å². The fourth-order valence-corrected chi connectivity index (χ4v) is 2.62. The third kappa shape index (κ3) is 3.78. The highest BCUT2D eigenvalue weighted by molar-refractivity contribution is 7.99. The minimum absolute atomic E-state index is 0.284. The van der Waals surface area contributed by atoms with Crippen molar-refractivity contribution in [3.05, 3.63) is 65.2 Å². The first-order chi connectivity index (χ1) is 9.06. The van der Waals surface area contributed by atoms with Gasteiger partial charge in [-0.2, -0.15) is 0 Å². The number of hydrogen-bond acceptors (Lipinski definition) is 2. The van der Waals surface area contributed by atoms with Crippen LogP contribution in [-0.2, 0) is 0 Å². The lowest BCUT2D eigenvalue weighted by molar-refractivity contribution is 0.204. The average molecular weight is 280 g/mol. The van der Waals surface area contributed by atoms with Gasteiger partial charge in [-0.3, -0.25) is 0 Å². The number of aliphatic hydroxyl groups excluding tert-OH is 1. The summed E-state index contributed by atoms with van der Waals surface area (Å²) in [5, 5.41) is 10.0. The molecule has 1 nitrogen and oxygen atoms in total. The molecule has 1 atom stereocenters. The van der Waals surface area contributed by atoms with Crippen LogP contribution in [0.2, 0.25) is 0 Å². The fraction of sp³-hybridized carbons (Fsp3) is 0.200. The van der Waals surface area contributed by atoms with Crippen molar-refractivity contribution < 1.29 is 13.9 Å². The topological polar surface area (TPSA) is 20.2 Å². The number of thioether (sulfide) groups is 1. The van der Waals surface area contributed by atoms with Gasteiger partial charge in [0.1, 0.15) is 11.6 Å². The van der Waals surface area contributed by atoms with Gasteiger partial charge >= 0.3 is 0 Å². The molecular weight excluding hydrogens is 266 g/mol. The van der Waals surface area contributed by atoms with Crippen molar-refractivity contribution in [3.63, 3.8) is 0 Å². The Hall–Kier alpha value is -1.39. The van der Waals surface area contributed by atoms with Gasteiger partial charge in [0, 0.05) is 10.6 Å². The molecule has 2 aromatic carbocycles. The van der Waals surface area contributed by atoms with Crippen LogP contribution in [-0.4, -0.2) is 10.9 Å². The van der Waals surface area contributed by atoms with Gasteiger partial charge in [0.15, 0.2) is 0 Å². The molecule has 0 fully saturated rings. The Labute approximate surface area is 115 Å². The molecule has 0 aliphatic rings. The molecule has 100 valence electrons. The zero-order valence-electron chi connectivity index (χ0n) is 10.4. The van der Waals surface area contributed by atoms with Crippen molar-refractivity contribution in [1.29, 1.82) is 0 Å². The highest BCUT2D eigenvalue weighted by Crippen LogP contribution is 2.26. The quantitative estimate of drug-likeness (QED) is 0.851. The maximum absolute atomic E-state index is 13.1.